The van der Waals surface area contributed by atoms with Crippen molar-refractivity contribution in [2.24, 2.45) is 5.41 Å². The molecule has 0 radical (unpaired) electrons. The average molecular weight is 185 g/mol. The Morgan fingerprint density at radius 3 is 2.31 bits per heavy atom. The Kier molecular flexibility index (Phi) is 2.66. The molecule has 1 rings (SSSR count). The van der Waals surface area contributed by atoms with Crippen molar-refractivity contribution in [1.82, 2.24) is 5.32 Å². The number of rotatable bonds is 2. The Balaban J connectivity index is 2.82. The van der Waals surface area contributed by atoms with Crippen molar-refractivity contribution in [3.8, 4) is 0 Å². The number of hydrogen-bond acceptors (Lipinski definition) is 2. The number of carboxylic acids is 1. The monoisotopic (exact) mass is 185 g/mol. The van der Waals surface area contributed by atoms with Gasteiger partial charge in [-0.1, -0.05) is 20.3 Å². The highest BCUT2D eigenvalue weighted by atomic mass is 16.4. The third-order valence-electron chi connectivity index (χ3n) is 3.13. The number of carboxylic acid groups (broad SMARTS) is 1. The maximum Gasteiger partial charge on any atom is 0.323 e. The predicted octanol–water partition coefficient (Wildman–Crippen LogP) is 1.63. The molecule has 0 spiro atoms. The van der Waals surface area contributed by atoms with E-state index >= 15 is 0 Å². The number of nitrogens with one attached hydrogen (secondary N) is 1. The molecule has 0 saturated heterocycles. The predicted molar refractivity (Wildman–Crippen MR) is 51.7 cm³/mol. The van der Waals surface area contributed by atoms with Crippen molar-refractivity contribution in [2.75, 3.05) is 7.05 Å². The van der Waals surface area contributed by atoms with Gasteiger partial charge < -0.3 is 10.4 Å². The molecule has 2 N–H and O–H groups in total. The molecule has 3 nitrogen and oxygen atoms in total. The summed E-state index contributed by atoms with van der Waals surface area (Å²) in [5.41, 5.74) is -0.526. The summed E-state index contributed by atoms with van der Waals surface area (Å²) in [5.74, 6) is -0.706. The van der Waals surface area contributed by atoms with Gasteiger partial charge in [-0.05, 0) is 31.7 Å². The molecular formula is C10H19NO2. The van der Waals surface area contributed by atoms with E-state index in [1.54, 1.807) is 7.05 Å². The third-order valence-corrected chi connectivity index (χ3v) is 3.13. The van der Waals surface area contributed by atoms with Crippen LogP contribution in [-0.4, -0.2) is 23.7 Å². The van der Waals surface area contributed by atoms with Crippen molar-refractivity contribution in [3.05, 3.63) is 0 Å². The van der Waals surface area contributed by atoms with Gasteiger partial charge >= 0.3 is 5.97 Å². The van der Waals surface area contributed by atoms with E-state index in [-0.39, 0.29) is 5.41 Å². The Labute approximate surface area is 79.5 Å². The van der Waals surface area contributed by atoms with Gasteiger partial charge in [0.1, 0.15) is 5.54 Å². The zero-order valence-corrected chi connectivity index (χ0v) is 8.68. The fraction of sp³-hybridized carbons (Fsp3) is 0.900. The summed E-state index contributed by atoms with van der Waals surface area (Å²) in [7, 11) is 1.75. The van der Waals surface area contributed by atoms with Crippen LogP contribution in [0.15, 0.2) is 0 Å². The molecule has 0 aromatic rings. The topological polar surface area (TPSA) is 49.3 Å². The summed E-state index contributed by atoms with van der Waals surface area (Å²) < 4.78 is 0. The second-order valence-corrected chi connectivity index (χ2v) is 4.83. The third kappa shape index (κ3) is 2.02. The van der Waals surface area contributed by atoms with E-state index in [0.29, 0.717) is 0 Å². The summed E-state index contributed by atoms with van der Waals surface area (Å²) in [6.45, 7) is 4.28. The normalized spacial score (nSPS) is 32.8. The van der Waals surface area contributed by atoms with Gasteiger partial charge in [0, 0.05) is 0 Å². The summed E-state index contributed by atoms with van der Waals surface area (Å²) in [6, 6.07) is 0. The first-order chi connectivity index (χ1) is 5.92. The zero-order valence-electron chi connectivity index (χ0n) is 8.68. The maximum atomic E-state index is 11.1. The van der Waals surface area contributed by atoms with Crippen LogP contribution in [0.25, 0.3) is 0 Å². The molecule has 0 aliphatic heterocycles. The van der Waals surface area contributed by atoms with E-state index in [9.17, 15) is 4.79 Å². The second kappa shape index (κ2) is 3.29. The molecule has 1 unspecified atom stereocenters. The quantitative estimate of drug-likeness (QED) is 0.687. The molecule has 13 heavy (non-hydrogen) atoms. The summed E-state index contributed by atoms with van der Waals surface area (Å²) >= 11 is 0. The van der Waals surface area contributed by atoms with E-state index in [1.165, 1.54) is 0 Å². The molecule has 0 heterocycles. The highest BCUT2D eigenvalue weighted by molar-refractivity contribution is 5.79. The highest BCUT2D eigenvalue weighted by Gasteiger charge is 2.44. The van der Waals surface area contributed by atoms with Crippen LogP contribution in [0.5, 0.6) is 0 Å². The Hall–Kier alpha value is -0.570. The van der Waals surface area contributed by atoms with Crippen molar-refractivity contribution >= 4 is 5.97 Å². The van der Waals surface area contributed by atoms with Gasteiger partial charge in [0.2, 0.25) is 0 Å². The van der Waals surface area contributed by atoms with Crippen LogP contribution in [-0.2, 0) is 4.79 Å². The molecule has 0 aromatic heterocycles. The van der Waals surface area contributed by atoms with Crippen molar-refractivity contribution < 1.29 is 9.90 Å². The molecular weight excluding hydrogens is 166 g/mol. The van der Waals surface area contributed by atoms with Crippen molar-refractivity contribution in [1.29, 1.82) is 0 Å². The molecule has 1 saturated carbocycles. The highest BCUT2D eigenvalue weighted by Crippen LogP contribution is 2.40. The molecule has 0 aromatic carbocycles. The average Bonchev–Trinajstić information content (AvgIpc) is 2.02. The first kappa shape index (κ1) is 10.5. The molecule has 1 aliphatic rings. The van der Waals surface area contributed by atoms with E-state index in [1.807, 2.05) is 0 Å². The smallest absolute Gasteiger partial charge is 0.323 e. The lowest BCUT2D eigenvalue weighted by atomic mass is 9.68. The van der Waals surface area contributed by atoms with E-state index in [0.717, 1.165) is 25.7 Å². The number of hydrogen-bond donors (Lipinski definition) is 2. The maximum absolute atomic E-state index is 11.1. The van der Waals surface area contributed by atoms with Gasteiger partial charge in [-0.15, -0.1) is 0 Å². The molecule has 76 valence electrons. The molecule has 1 fully saturated rings. The molecule has 1 atom stereocenters. The first-order valence-electron chi connectivity index (χ1n) is 4.84. The van der Waals surface area contributed by atoms with Gasteiger partial charge in [0.05, 0.1) is 0 Å². The lowest BCUT2D eigenvalue weighted by molar-refractivity contribution is -0.148. The molecule has 1 aliphatic carbocycles. The summed E-state index contributed by atoms with van der Waals surface area (Å²) in [5, 5.41) is 12.1. The second-order valence-electron chi connectivity index (χ2n) is 4.83. The van der Waals surface area contributed by atoms with Crippen molar-refractivity contribution in [3.63, 3.8) is 0 Å². The van der Waals surface area contributed by atoms with Crippen LogP contribution in [0, 0.1) is 5.41 Å². The van der Waals surface area contributed by atoms with Gasteiger partial charge in [-0.2, -0.15) is 0 Å². The van der Waals surface area contributed by atoms with Gasteiger partial charge in [-0.3, -0.25) is 4.79 Å². The fourth-order valence-electron chi connectivity index (χ4n) is 2.37. The number of likely N-dealkylation sites (N-methyl/N-ethyl adjacent to an activating group) is 1. The number of aliphatic carboxylic acids is 1. The van der Waals surface area contributed by atoms with Gasteiger partial charge in [0.15, 0.2) is 0 Å². The Morgan fingerprint density at radius 1 is 1.38 bits per heavy atom. The van der Waals surface area contributed by atoms with Crippen LogP contribution in [0.4, 0.5) is 0 Å². The summed E-state index contributed by atoms with van der Waals surface area (Å²) in [4.78, 5) is 11.1. The minimum Gasteiger partial charge on any atom is -0.480 e. The lowest BCUT2D eigenvalue weighted by Gasteiger charge is -2.41. The minimum absolute atomic E-state index is 0.152. The first-order valence-corrected chi connectivity index (χ1v) is 4.84. The summed E-state index contributed by atoms with van der Waals surface area (Å²) in [6.07, 6.45) is 3.61. The van der Waals surface area contributed by atoms with Crippen LogP contribution in [0.2, 0.25) is 0 Å². The van der Waals surface area contributed by atoms with Gasteiger partial charge in [-0.25, -0.2) is 0 Å². The lowest BCUT2D eigenvalue weighted by Crippen LogP contribution is -2.54. The standard InChI is InChI=1S/C10H19NO2/c1-9(2)5-4-6-10(7-9,11-3)8(12)13/h11H,4-7H2,1-3H3,(H,12,13). The minimum atomic E-state index is -0.706. The van der Waals surface area contributed by atoms with Crippen LogP contribution >= 0.6 is 0 Å². The zero-order chi connectivity index (χ0) is 10.1. The SMILES string of the molecule is CNC1(C(=O)O)CCCC(C)(C)C1. The van der Waals surface area contributed by atoms with E-state index < -0.39 is 11.5 Å². The Morgan fingerprint density at radius 2 is 2.00 bits per heavy atom. The van der Waals surface area contributed by atoms with Crippen LogP contribution in [0.3, 0.4) is 0 Å². The van der Waals surface area contributed by atoms with Crippen molar-refractivity contribution in [2.45, 2.75) is 45.1 Å². The van der Waals surface area contributed by atoms with Crippen LogP contribution in [0.1, 0.15) is 39.5 Å². The molecule has 3 heteroatoms. The largest absolute Gasteiger partial charge is 0.480 e. The van der Waals surface area contributed by atoms with E-state index in [2.05, 4.69) is 19.2 Å². The Bertz CT molecular complexity index is 213. The van der Waals surface area contributed by atoms with E-state index in [4.69, 9.17) is 5.11 Å². The molecule has 0 bridgehead atoms. The fourth-order valence-corrected chi connectivity index (χ4v) is 2.37. The van der Waals surface area contributed by atoms with Crippen LogP contribution < -0.4 is 5.32 Å². The van der Waals surface area contributed by atoms with Gasteiger partial charge in [0.25, 0.3) is 0 Å². The number of carbonyl (C=O) groups is 1. The molecule has 0 amide bonds.